The molecule has 0 aliphatic heterocycles. The maximum absolute atomic E-state index is 10.3. The standard InChI is InChI=1S/C15H20ClN3O/c1-10-15(16)13(19(4)17-10)9-14(20)11-5-7-12(8-6-11)18(2)3/h5-8,14,20H,9H2,1-4H3. The third-order valence-corrected chi connectivity index (χ3v) is 3.93. The molecule has 1 unspecified atom stereocenters. The highest BCUT2D eigenvalue weighted by Gasteiger charge is 2.16. The molecule has 1 atom stereocenters. The maximum atomic E-state index is 10.3. The van der Waals surface area contributed by atoms with Crippen molar-refractivity contribution in [2.24, 2.45) is 7.05 Å². The van der Waals surface area contributed by atoms with E-state index in [1.165, 1.54) is 0 Å². The van der Waals surface area contributed by atoms with Crippen molar-refractivity contribution < 1.29 is 5.11 Å². The summed E-state index contributed by atoms with van der Waals surface area (Å²) < 4.78 is 1.73. The van der Waals surface area contributed by atoms with Gasteiger partial charge in [0.05, 0.1) is 22.5 Å². The lowest BCUT2D eigenvalue weighted by Crippen LogP contribution is -2.10. The molecule has 0 bridgehead atoms. The number of benzene rings is 1. The lowest BCUT2D eigenvalue weighted by molar-refractivity contribution is 0.176. The first-order valence-corrected chi connectivity index (χ1v) is 6.91. The van der Waals surface area contributed by atoms with E-state index in [1.54, 1.807) is 4.68 Å². The predicted molar refractivity (Wildman–Crippen MR) is 82.4 cm³/mol. The van der Waals surface area contributed by atoms with Crippen LogP contribution in [0.3, 0.4) is 0 Å². The van der Waals surface area contributed by atoms with Gasteiger partial charge in [0.25, 0.3) is 0 Å². The van der Waals surface area contributed by atoms with Crippen molar-refractivity contribution in [1.29, 1.82) is 0 Å². The normalized spacial score (nSPS) is 12.5. The highest BCUT2D eigenvalue weighted by Crippen LogP contribution is 2.26. The molecule has 4 nitrogen and oxygen atoms in total. The Morgan fingerprint density at radius 1 is 1.30 bits per heavy atom. The van der Waals surface area contributed by atoms with Gasteiger partial charge in [0, 0.05) is 33.3 Å². The molecule has 1 N–H and O–H groups in total. The van der Waals surface area contributed by atoms with Gasteiger partial charge in [-0.2, -0.15) is 5.10 Å². The summed E-state index contributed by atoms with van der Waals surface area (Å²) in [6.07, 6.45) is -0.129. The quantitative estimate of drug-likeness (QED) is 0.942. The van der Waals surface area contributed by atoms with Crippen LogP contribution in [0.5, 0.6) is 0 Å². The van der Waals surface area contributed by atoms with E-state index in [9.17, 15) is 5.11 Å². The van der Waals surface area contributed by atoms with E-state index >= 15 is 0 Å². The van der Waals surface area contributed by atoms with Crippen molar-refractivity contribution in [2.45, 2.75) is 19.4 Å². The van der Waals surface area contributed by atoms with Gasteiger partial charge in [-0.15, -0.1) is 0 Å². The second-order valence-electron chi connectivity index (χ2n) is 5.18. The van der Waals surface area contributed by atoms with Gasteiger partial charge < -0.3 is 10.0 Å². The number of halogens is 1. The zero-order chi connectivity index (χ0) is 14.9. The lowest BCUT2D eigenvalue weighted by atomic mass is 10.0. The van der Waals surface area contributed by atoms with E-state index in [0.717, 1.165) is 22.6 Å². The third kappa shape index (κ3) is 2.97. The Morgan fingerprint density at radius 3 is 2.35 bits per heavy atom. The Balaban J connectivity index is 2.17. The summed E-state index contributed by atoms with van der Waals surface area (Å²) in [6, 6.07) is 7.87. The van der Waals surface area contributed by atoms with Crippen molar-refractivity contribution in [3.8, 4) is 0 Å². The number of rotatable bonds is 4. The van der Waals surface area contributed by atoms with E-state index in [-0.39, 0.29) is 0 Å². The third-order valence-electron chi connectivity index (χ3n) is 3.44. The molecule has 20 heavy (non-hydrogen) atoms. The van der Waals surface area contributed by atoms with Crippen molar-refractivity contribution in [1.82, 2.24) is 9.78 Å². The number of aromatic nitrogens is 2. The van der Waals surface area contributed by atoms with E-state index in [4.69, 9.17) is 11.6 Å². The number of aliphatic hydroxyl groups is 1. The van der Waals surface area contributed by atoms with Crippen molar-refractivity contribution in [2.75, 3.05) is 19.0 Å². The van der Waals surface area contributed by atoms with Gasteiger partial charge in [0.1, 0.15) is 0 Å². The summed E-state index contributed by atoms with van der Waals surface area (Å²) in [7, 11) is 5.82. The van der Waals surface area contributed by atoms with Crippen LogP contribution in [-0.4, -0.2) is 29.0 Å². The second-order valence-corrected chi connectivity index (χ2v) is 5.55. The van der Waals surface area contributed by atoms with Gasteiger partial charge in [-0.3, -0.25) is 4.68 Å². The molecule has 1 heterocycles. The van der Waals surface area contributed by atoms with Gasteiger partial charge in [-0.25, -0.2) is 0 Å². The number of hydrogen-bond donors (Lipinski definition) is 1. The molecule has 5 heteroatoms. The van der Waals surface area contributed by atoms with Crippen molar-refractivity contribution >= 4 is 17.3 Å². The number of aryl methyl sites for hydroxylation is 2. The smallest absolute Gasteiger partial charge is 0.0848 e. The molecule has 0 saturated heterocycles. The first-order valence-electron chi connectivity index (χ1n) is 6.53. The Hall–Kier alpha value is -1.52. The van der Waals surface area contributed by atoms with Crippen molar-refractivity contribution in [3.05, 3.63) is 46.2 Å². The van der Waals surface area contributed by atoms with Crippen LogP contribution < -0.4 is 4.90 Å². The van der Waals surface area contributed by atoms with E-state index in [2.05, 4.69) is 5.10 Å². The maximum Gasteiger partial charge on any atom is 0.0848 e. The average molecular weight is 294 g/mol. The highest BCUT2D eigenvalue weighted by atomic mass is 35.5. The summed E-state index contributed by atoms with van der Waals surface area (Å²) in [6.45, 7) is 1.87. The fourth-order valence-electron chi connectivity index (χ4n) is 2.20. The van der Waals surface area contributed by atoms with Crippen LogP contribution >= 0.6 is 11.6 Å². The molecule has 1 aromatic carbocycles. The van der Waals surface area contributed by atoms with Crippen LogP contribution in [0.15, 0.2) is 24.3 Å². The molecule has 0 radical (unpaired) electrons. The van der Waals surface area contributed by atoms with Gasteiger partial charge in [-0.1, -0.05) is 23.7 Å². The van der Waals surface area contributed by atoms with Crippen LogP contribution in [0.4, 0.5) is 5.69 Å². The van der Waals surface area contributed by atoms with E-state index in [1.807, 2.05) is 57.2 Å². The minimum atomic E-state index is -0.585. The SMILES string of the molecule is Cc1nn(C)c(CC(O)c2ccc(N(C)C)cc2)c1Cl. The summed E-state index contributed by atoms with van der Waals surface area (Å²) in [4.78, 5) is 2.03. The number of hydrogen-bond acceptors (Lipinski definition) is 3. The summed E-state index contributed by atoms with van der Waals surface area (Å²) in [5, 5.41) is 15.2. The molecule has 0 aliphatic carbocycles. The molecule has 2 rings (SSSR count). The fourth-order valence-corrected chi connectivity index (χ4v) is 2.43. The fraction of sp³-hybridized carbons (Fsp3) is 0.400. The molecule has 0 fully saturated rings. The van der Waals surface area contributed by atoms with Gasteiger partial charge >= 0.3 is 0 Å². The Labute approximate surface area is 124 Å². The van der Waals surface area contributed by atoms with Gasteiger partial charge in [0.15, 0.2) is 0 Å². The molecule has 0 amide bonds. The lowest BCUT2D eigenvalue weighted by Gasteiger charge is -2.15. The number of nitrogens with zero attached hydrogens (tertiary/aromatic N) is 3. The van der Waals surface area contributed by atoms with Gasteiger partial charge in [0.2, 0.25) is 0 Å². The first-order chi connectivity index (χ1) is 9.40. The van der Waals surface area contributed by atoms with E-state index < -0.39 is 6.10 Å². The Kier molecular flexibility index (Phi) is 4.35. The van der Waals surface area contributed by atoms with Crippen LogP contribution in [0, 0.1) is 6.92 Å². The zero-order valence-corrected chi connectivity index (χ0v) is 13.0. The Bertz CT molecular complexity index is 590. The summed E-state index contributed by atoms with van der Waals surface area (Å²) in [5.41, 5.74) is 3.63. The Morgan fingerprint density at radius 2 is 1.90 bits per heavy atom. The monoisotopic (exact) mass is 293 g/mol. The molecular formula is C15H20ClN3O. The van der Waals surface area contributed by atoms with Crippen LogP contribution in [0.25, 0.3) is 0 Å². The minimum Gasteiger partial charge on any atom is -0.388 e. The zero-order valence-electron chi connectivity index (χ0n) is 12.3. The van der Waals surface area contributed by atoms with Crippen LogP contribution in [0.1, 0.15) is 23.1 Å². The van der Waals surface area contributed by atoms with Crippen LogP contribution in [0.2, 0.25) is 5.02 Å². The van der Waals surface area contributed by atoms with Crippen LogP contribution in [-0.2, 0) is 13.5 Å². The van der Waals surface area contributed by atoms with Crippen molar-refractivity contribution in [3.63, 3.8) is 0 Å². The molecule has 0 aliphatic rings. The van der Waals surface area contributed by atoms with E-state index in [0.29, 0.717) is 11.4 Å². The minimum absolute atomic E-state index is 0.456. The summed E-state index contributed by atoms with van der Waals surface area (Å²) >= 11 is 6.21. The van der Waals surface area contributed by atoms with Gasteiger partial charge in [-0.05, 0) is 24.6 Å². The number of aliphatic hydroxyl groups excluding tert-OH is 1. The highest BCUT2D eigenvalue weighted by molar-refractivity contribution is 6.31. The average Bonchev–Trinajstić information content (AvgIpc) is 2.65. The molecule has 0 saturated carbocycles. The molecule has 2 aromatic rings. The molecule has 0 spiro atoms. The predicted octanol–water partition coefficient (Wildman–Crippen LogP) is 2.72. The summed E-state index contributed by atoms with van der Waals surface area (Å²) in [5.74, 6) is 0. The second kappa shape index (κ2) is 5.85. The topological polar surface area (TPSA) is 41.3 Å². The number of anilines is 1. The molecular weight excluding hydrogens is 274 g/mol. The first kappa shape index (κ1) is 14.9. The molecule has 108 valence electrons. The molecule has 1 aromatic heterocycles. The largest absolute Gasteiger partial charge is 0.388 e.